The maximum absolute atomic E-state index is 11.7. The second kappa shape index (κ2) is 5.05. The molecule has 6 heteroatoms. The monoisotopic (exact) mass is 252 g/mol. The Balaban J connectivity index is 3.09. The van der Waals surface area contributed by atoms with Crippen LogP contribution in [0.1, 0.15) is 24.2 Å². The Morgan fingerprint density at radius 3 is 2.44 bits per heavy atom. The summed E-state index contributed by atoms with van der Waals surface area (Å²) in [5.41, 5.74) is 4.92. The van der Waals surface area contributed by atoms with E-state index in [-0.39, 0.29) is 11.3 Å². The molecule has 0 atom stereocenters. The van der Waals surface area contributed by atoms with Gasteiger partial charge in [0.1, 0.15) is 5.75 Å². The summed E-state index contributed by atoms with van der Waals surface area (Å²) in [7, 11) is 1.43. The van der Waals surface area contributed by atoms with Gasteiger partial charge in [-0.25, -0.2) is 4.79 Å². The molecular weight excluding hydrogens is 236 g/mol. The van der Waals surface area contributed by atoms with E-state index in [1.165, 1.54) is 25.3 Å². The van der Waals surface area contributed by atoms with Crippen LogP contribution in [0.2, 0.25) is 0 Å². The molecule has 0 aliphatic carbocycles. The van der Waals surface area contributed by atoms with Crippen LogP contribution < -0.4 is 15.8 Å². The molecule has 98 valence electrons. The molecule has 18 heavy (non-hydrogen) atoms. The van der Waals surface area contributed by atoms with Crippen LogP contribution in [0.25, 0.3) is 0 Å². The molecule has 0 bridgehead atoms. The Bertz CT molecular complexity index is 477. The van der Waals surface area contributed by atoms with Gasteiger partial charge in [0.05, 0.1) is 23.9 Å². The van der Waals surface area contributed by atoms with Gasteiger partial charge in [-0.1, -0.05) is 0 Å². The second-order valence-corrected chi connectivity index (χ2v) is 4.40. The topological polar surface area (TPSA) is 102 Å². The van der Waals surface area contributed by atoms with Crippen molar-refractivity contribution in [3.05, 3.63) is 23.8 Å². The van der Waals surface area contributed by atoms with E-state index in [0.717, 1.165) is 0 Å². The number of methoxy groups -OCH3 is 1. The van der Waals surface area contributed by atoms with Crippen molar-refractivity contribution in [2.24, 2.45) is 5.73 Å². The van der Waals surface area contributed by atoms with Crippen molar-refractivity contribution < 1.29 is 19.4 Å². The van der Waals surface area contributed by atoms with E-state index in [0.29, 0.717) is 5.75 Å². The van der Waals surface area contributed by atoms with E-state index in [1.807, 2.05) is 0 Å². The summed E-state index contributed by atoms with van der Waals surface area (Å²) in [5, 5.41) is 11.4. The van der Waals surface area contributed by atoms with E-state index in [9.17, 15) is 9.59 Å². The van der Waals surface area contributed by atoms with Crippen molar-refractivity contribution in [2.75, 3.05) is 12.4 Å². The first-order valence-electron chi connectivity index (χ1n) is 5.27. The van der Waals surface area contributed by atoms with Crippen molar-refractivity contribution >= 4 is 17.6 Å². The van der Waals surface area contributed by atoms with E-state index in [1.54, 1.807) is 13.8 Å². The molecule has 1 amide bonds. The minimum absolute atomic E-state index is 0.0564. The average molecular weight is 252 g/mol. The Morgan fingerprint density at radius 1 is 1.39 bits per heavy atom. The van der Waals surface area contributed by atoms with Crippen LogP contribution in [0.5, 0.6) is 5.75 Å². The van der Waals surface area contributed by atoms with Crippen LogP contribution in [0.15, 0.2) is 18.2 Å². The van der Waals surface area contributed by atoms with Crippen LogP contribution in [-0.2, 0) is 4.79 Å². The molecule has 1 rings (SSSR count). The van der Waals surface area contributed by atoms with Gasteiger partial charge in [0.2, 0.25) is 5.91 Å². The lowest BCUT2D eigenvalue weighted by Gasteiger charge is -2.19. The molecule has 0 radical (unpaired) electrons. The number of hydrogen-bond acceptors (Lipinski definition) is 4. The summed E-state index contributed by atoms with van der Waals surface area (Å²) in [6.45, 7) is 3.10. The van der Waals surface area contributed by atoms with Gasteiger partial charge in [0, 0.05) is 0 Å². The van der Waals surface area contributed by atoms with Crippen LogP contribution >= 0.6 is 0 Å². The Hall–Kier alpha value is -2.08. The summed E-state index contributed by atoms with van der Waals surface area (Å²) in [5.74, 6) is -1.14. The van der Waals surface area contributed by atoms with Crippen molar-refractivity contribution in [3.63, 3.8) is 0 Å². The van der Waals surface area contributed by atoms with Crippen LogP contribution in [-0.4, -0.2) is 29.6 Å². The maximum Gasteiger partial charge on any atom is 0.335 e. The van der Waals surface area contributed by atoms with Crippen LogP contribution in [0.3, 0.4) is 0 Å². The number of benzene rings is 1. The molecular formula is C12H16N2O4. The summed E-state index contributed by atoms with van der Waals surface area (Å²) in [6, 6.07) is 4.19. The highest BCUT2D eigenvalue weighted by Crippen LogP contribution is 2.26. The largest absolute Gasteiger partial charge is 0.495 e. The third-order valence-corrected chi connectivity index (χ3v) is 2.28. The van der Waals surface area contributed by atoms with E-state index in [2.05, 4.69) is 5.32 Å². The van der Waals surface area contributed by atoms with Gasteiger partial charge in [0.15, 0.2) is 0 Å². The molecule has 0 heterocycles. The number of carbonyl (C=O) groups excluding carboxylic acids is 1. The number of nitrogens with one attached hydrogen (secondary N) is 1. The van der Waals surface area contributed by atoms with Gasteiger partial charge in [-0.15, -0.1) is 0 Å². The van der Waals surface area contributed by atoms with Gasteiger partial charge >= 0.3 is 5.97 Å². The Morgan fingerprint density at radius 2 is 2.00 bits per heavy atom. The van der Waals surface area contributed by atoms with Crippen molar-refractivity contribution in [1.82, 2.24) is 0 Å². The van der Waals surface area contributed by atoms with E-state index >= 15 is 0 Å². The number of aromatic carboxylic acids is 1. The molecule has 1 aromatic rings. The first kappa shape index (κ1) is 14.0. The number of carboxylic acids is 1. The Kier molecular flexibility index (Phi) is 3.93. The number of amides is 1. The van der Waals surface area contributed by atoms with Crippen molar-refractivity contribution in [1.29, 1.82) is 0 Å². The average Bonchev–Trinajstić information content (AvgIpc) is 2.27. The molecule has 0 aliphatic rings. The normalized spacial score (nSPS) is 10.9. The minimum Gasteiger partial charge on any atom is -0.495 e. The number of carbonyl (C=O) groups is 2. The highest BCUT2D eigenvalue weighted by Gasteiger charge is 2.23. The predicted octanol–water partition coefficient (Wildman–Crippen LogP) is 1.07. The molecule has 0 saturated carbocycles. The second-order valence-electron chi connectivity index (χ2n) is 4.40. The Labute approximate surface area is 105 Å². The lowest BCUT2D eigenvalue weighted by atomic mass is 10.1. The zero-order valence-corrected chi connectivity index (χ0v) is 10.5. The van der Waals surface area contributed by atoms with Crippen molar-refractivity contribution in [2.45, 2.75) is 19.4 Å². The zero-order valence-electron chi connectivity index (χ0n) is 10.5. The minimum atomic E-state index is -1.08. The fourth-order valence-corrected chi connectivity index (χ4v) is 1.22. The molecule has 0 spiro atoms. The van der Waals surface area contributed by atoms with Gasteiger partial charge < -0.3 is 20.9 Å². The summed E-state index contributed by atoms with van der Waals surface area (Å²) < 4.78 is 5.05. The number of hydrogen-bond donors (Lipinski definition) is 3. The molecule has 0 fully saturated rings. The quantitative estimate of drug-likeness (QED) is 0.744. The van der Waals surface area contributed by atoms with Gasteiger partial charge in [-0.05, 0) is 32.0 Å². The molecule has 0 unspecified atom stereocenters. The molecule has 0 aromatic heterocycles. The highest BCUT2D eigenvalue weighted by molar-refractivity contribution is 5.99. The number of rotatable bonds is 4. The van der Waals surface area contributed by atoms with E-state index in [4.69, 9.17) is 15.6 Å². The molecule has 1 aromatic carbocycles. The standard InChI is InChI=1S/C12H16N2O4/c1-12(2,13)11(17)14-8-6-7(10(15)16)4-5-9(8)18-3/h4-6H,13H2,1-3H3,(H,14,17)(H,15,16). The summed E-state index contributed by atoms with van der Waals surface area (Å²) in [6.07, 6.45) is 0. The molecule has 0 aliphatic heterocycles. The predicted molar refractivity (Wildman–Crippen MR) is 66.8 cm³/mol. The third kappa shape index (κ3) is 3.21. The third-order valence-electron chi connectivity index (χ3n) is 2.28. The van der Waals surface area contributed by atoms with Crippen LogP contribution in [0, 0.1) is 0 Å². The van der Waals surface area contributed by atoms with Gasteiger partial charge in [-0.2, -0.15) is 0 Å². The number of carboxylic acid groups (broad SMARTS) is 1. The van der Waals surface area contributed by atoms with Crippen molar-refractivity contribution in [3.8, 4) is 5.75 Å². The number of nitrogens with two attached hydrogens (primary N) is 1. The summed E-state index contributed by atoms with van der Waals surface area (Å²) >= 11 is 0. The maximum atomic E-state index is 11.7. The lowest BCUT2D eigenvalue weighted by molar-refractivity contribution is -0.120. The molecule has 4 N–H and O–H groups in total. The lowest BCUT2D eigenvalue weighted by Crippen LogP contribution is -2.45. The van der Waals surface area contributed by atoms with Gasteiger partial charge in [-0.3, -0.25) is 4.79 Å². The van der Waals surface area contributed by atoms with Gasteiger partial charge in [0.25, 0.3) is 0 Å². The highest BCUT2D eigenvalue weighted by atomic mass is 16.5. The fourth-order valence-electron chi connectivity index (χ4n) is 1.22. The zero-order chi connectivity index (χ0) is 13.9. The fraction of sp³-hybridized carbons (Fsp3) is 0.333. The van der Waals surface area contributed by atoms with E-state index < -0.39 is 17.4 Å². The first-order valence-corrected chi connectivity index (χ1v) is 5.27. The smallest absolute Gasteiger partial charge is 0.335 e. The van der Waals surface area contributed by atoms with Crippen LogP contribution in [0.4, 0.5) is 5.69 Å². The molecule has 0 saturated heterocycles. The number of ether oxygens (including phenoxy) is 1. The first-order chi connectivity index (χ1) is 8.25. The molecule has 6 nitrogen and oxygen atoms in total. The summed E-state index contributed by atoms with van der Waals surface area (Å²) in [4.78, 5) is 22.6. The SMILES string of the molecule is COc1ccc(C(=O)O)cc1NC(=O)C(C)(C)N. The number of anilines is 1.